The summed E-state index contributed by atoms with van der Waals surface area (Å²) in [7, 11) is 0. The Morgan fingerprint density at radius 3 is 2.70 bits per heavy atom. The Kier molecular flexibility index (Phi) is 4.42. The second kappa shape index (κ2) is 5.91. The SMILES string of the molecule is CCc1nnc(CN2CCC[C@@H]2C(=O)OC(C)(C)C)o1. The number of rotatable bonds is 4. The average Bonchev–Trinajstić information content (AvgIpc) is 2.96. The van der Waals surface area contributed by atoms with E-state index in [0.717, 1.165) is 25.8 Å². The van der Waals surface area contributed by atoms with Gasteiger partial charge in [-0.25, -0.2) is 0 Å². The molecule has 2 heterocycles. The van der Waals surface area contributed by atoms with Crippen LogP contribution in [0.1, 0.15) is 52.3 Å². The Morgan fingerprint density at radius 1 is 1.40 bits per heavy atom. The third-order valence-electron chi connectivity index (χ3n) is 3.19. The van der Waals surface area contributed by atoms with Crippen molar-refractivity contribution in [1.82, 2.24) is 15.1 Å². The van der Waals surface area contributed by atoms with Gasteiger partial charge in [-0.2, -0.15) is 0 Å². The van der Waals surface area contributed by atoms with E-state index in [-0.39, 0.29) is 12.0 Å². The lowest BCUT2D eigenvalue weighted by molar-refractivity contribution is -0.160. The number of esters is 1. The van der Waals surface area contributed by atoms with Gasteiger partial charge < -0.3 is 9.15 Å². The highest BCUT2D eigenvalue weighted by molar-refractivity contribution is 5.76. The van der Waals surface area contributed by atoms with Crippen LogP contribution >= 0.6 is 0 Å². The van der Waals surface area contributed by atoms with Crippen LogP contribution in [0.25, 0.3) is 0 Å². The third-order valence-corrected chi connectivity index (χ3v) is 3.19. The molecule has 0 N–H and O–H groups in total. The van der Waals surface area contributed by atoms with Gasteiger partial charge in [0.2, 0.25) is 11.8 Å². The monoisotopic (exact) mass is 281 g/mol. The van der Waals surface area contributed by atoms with E-state index in [2.05, 4.69) is 15.1 Å². The van der Waals surface area contributed by atoms with Crippen LogP contribution in [0.4, 0.5) is 0 Å². The number of aromatic nitrogens is 2. The molecule has 0 bridgehead atoms. The van der Waals surface area contributed by atoms with Gasteiger partial charge in [0.05, 0.1) is 6.54 Å². The molecule has 0 spiro atoms. The van der Waals surface area contributed by atoms with Crippen LogP contribution in [-0.4, -0.2) is 39.3 Å². The van der Waals surface area contributed by atoms with Crippen LogP contribution in [-0.2, 0) is 22.5 Å². The fraction of sp³-hybridized carbons (Fsp3) is 0.786. The Labute approximate surface area is 119 Å². The molecule has 20 heavy (non-hydrogen) atoms. The van der Waals surface area contributed by atoms with E-state index in [0.29, 0.717) is 18.3 Å². The highest BCUT2D eigenvalue weighted by Crippen LogP contribution is 2.22. The summed E-state index contributed by atoms with van der Waals surface area (Å²) in [5, 5.41) is 7.95. The van der Waals surface area contributed by atoms with Gasteiger partial charge in [-0.3, -0.25) is 9.69 Å². The van der Waals surface area contributed by atoms with Crippen LogP contribution in [0.5, 0.6) is 0 Å². The smallest absolute Gasteiger partial charge is 0.323 e. The Hall–Kier alpha value is -1.43. The van der Waals surface area contributed by atoms with Gasteiger partial charge >= 0.3 is 5.97 Å². The van der Waals surface area contributed by atoms with Crippen molar-refractivity contribution in [3.63, 3.8) is 0 Å². The lowest BCUT2D eigenvalue weighted by Gasteiger charge is -2.26. The largest absolute Gasteiger partial charge is 0.459 e. The third kappa shape index (κ3) is 3.79. The second-order valence-corrected chi connectivity index (χ2v) is 6.11. The molecule has 2 rings (SSSR count). The quantitative estimate of drug-likeness (QED) is 0.786. The van der Waals surface area contributed by atoms with Gasteiger partial charge in [-0.05, 0) is 40.2 Å². The van der Waals surface area contributed by atoms with Crippen LogP contribution in [0.15, 0.2) is 4.42 Å². The summed E-state index contributed by atoms with van der Waals surface area (Å²) in [5.74, 6) is 1.04. The van der Waals surface area contributed by atoms with E-state index < -0.39 is 5.60 Å². The minimum Gasteiger partial charge on any atom is -0.459 e. The Bertz CT molecular complexity index is 464. The number of hydrogen-bond acceptors (Lipinski definition) is 6. The van der Waals surface area contributed by atoms with Crippen LogP contribution in [0.3, 0.4) is 0 Å². The molecule has 0 radical (unpaired) electrons. The van der Waals surface area contributed by atoms with Crippen molar-refractivity contribution in [2.75, 3.05) is 6.54 Å². The first kappa shape index (κ1) is 15.0. The first-order valence-corrected chi connectivity index (χ1v) is 7.17. The van der Waals surface area contributed by atoms with E-state index in [1.54, 1.807) is 0 Å². The molecule has 0 aliphatic carbocycles. The highest BCUT2D eigenvalue weighted by Gasteiger charge is 2.34. The van der Waals surface area contributed by atoms with Crippen molar-refractivity contribution in [2.45, 2.75) is 65.1 Å². The van der Waals surface area contributed by atoms with Crippen LogP contribution in [0.2, 0.25) is 0 Å². The standard InChI is InChI=1S/C14H23N3O3/c1-5-11-15-16-12(19-11)9-17-8-6-7-10(17)13(18)20-14(2,3)4/h10H,5-9H2,1-4H3/t10-/m1/s1. The summed E-state index contributed by atoms with van der Waals surface area (Å²) in [5.41, 5.74) is -0.453. The number of aryl methyl sites for hydroxylation is 1. The topological polar surface area (TPSA) is 68.5 Å². The van der Waals surface area contributed by atoms with Crippen molar-refractivity contribution >= 4 is 5.97 Å². The number of hydrogen-bond donors (Lipinski definition) is 0. The number of likely N-dealkylation sites (tertiary alicyclic amines) is 1. The molecule has 1 atom stereocenters. The molecular formula is C14H23N3O3. The van der Waals surface area contributed by atoms with Gasteiger partial charge in [0.1, 0.15) is 11.6 Å². The minimum atomic E-state index is -0.453. The summed E-state index contributed by atoms with van der Waals surface area (Å²) < 4.78 is 11.0. The number of carbonyl (C=O) groups is 1. The van der Waals surface area contributed by atoms with Gasteiger partial charge in [-0.15, -0.1) is 10.2 Å². The lowest BCUT2D eigenvalue weighted by Crippen LogP contribution is -2.40. The maximum atomic E-state index is 12.2. The van der Waals surface area contributed by atoms with Crippen molar-refractivity contribution in [3.8, 4) is 0 Å². The molecule has 0 unspecified atom stereocenters. The molecule has 0 amide bonds. The van der Waals surface area contributed by atoms with Crippen molar-refractivity contribution in [3.05, 3.63) is 11.8 Å². The van der Waals surface area contributed by atoms with E-state index in [9.17, 15) is 4.79 Å². The summed E-state index contributed by atoms with van der Waals surface area (Å²) in [6.07, 6.45) is 2.53. The molecule has 6 heteroatoms. The maximum Gasteiger partial charge on any atom is 0.323 e. The molecule has 1 saturated heterocycles. The summed E-state index contributed by atoms with van der Waals surface area (Å²) in [4.78, 5) is 14.2. The Morgan fingerprint density at radius 2 is 2.10 bits per heavy atom. The predicted molar refractivity (Wildman–Crippen MR) is 73.0 cm³/mol. The fourth-order valence-corrected chi connectivity index (χ4v) is 2.32. The summed E-state index contributed by atoms with van der Waals surface area (Å²) in [6, 6.07) is -0.203. The first-order valence-electron chi connectivity index (χ1n) is 7.17. The molecule has 1 aromatic heterocycles. The number of carbonyl (C=O) groups excluding carboxylic acids is 1. The van der Waals surface area contributed by atoms with E-state index in [4.69, 9.17) is 9.15 Å². The summed E-state index contributed by atoms with van der Waals surface area (Å²) in [6.45, 7) is 8.99. The molecule has 1 aliphatic heterocycles. The molecule has 0 saturated carbocycles. The summed E-state index contributed by atoms with van der Waals surface area (Å²) >= 11 is 0. The normalized spacial score (nSPS) is 20.3. The minimum absolute atomic E-state index is 0.162. The molecule has 1 aromatic rings. The highest BCUT2D eigenvalue weighted by atomic mass is 16.6. The van der Waals surface area contributed by atoms with E-state index in [1.807, 2.05) is 27.7 Å². The van der Waals surface area contributed by atoms with Crippen LogP contribution < -0.4 is 0 Å². The lowest BCUT2D eigenvalue weighted by atomic mass is 10.1. The van der Waals surface area contributed by atoms with Gasteiger partial charge in [-0.1, -0.05) is 6.92 Å². The zero-order valence-corrected chi connectivity index (χ0v) is 12.7. The molecule has 112 valence electrons. The van der Waals surface area contributed by atoms with Gasteiger partial charge in [0.15, 0.2) is 0 Å². The molecule has 1 fully saturated rings. The van der Waals surface area contributed by atoms with Gasteiger partial charge in [0.25, 0.3) is 0 Å². The predicted octanol–water partition coefficient (Wildman–Crippen LogP) is 1.94. The van der Waals surface area contributed by atoms with Crippen LogP contribution in [0, 0.1) is 0 Å². The van der Waals surface area contributed by atoms with Gasteiger partial charge in [0, 0.05) is 6.42 Å². The molecule has 0 aromatic carbocycles. The molecule has 6 nitrogen and oxygen atoms in total. The number of nitrogens with zero attached hydrogens (tertiary/aromatic N) is 3. The molecule has 1 aliphatic rings. The van der Waals surface area contributed by atoms with Crippen molar-refractivity contribution in [1.29, 1.82) is 0 Å². The Balaban J connectivity index is 1.98. The van der Waals surface area contributed by atoms with E-state index >= 15 is 0 Å². The average molecular weight is 281 g/mol. The zero-order valence-electron chi connectivity index (χ0n) is 12.7. The maximum absolute atomic E-state index is 12.2. The van der Waals surface area contributed by atoms with Crippen molar-refractivity contribution < 1.29 is 13.9 Å². The molecular weight excluding hydrogens is 258 g/mol. The zero-order chi connectivity index (χ0) is 14.8. The van der Waals surface area contributed by atoms with E-state index in [1.165, 1.54) is 0 Å². The van der Waals surface area contributed by atoms with Crippen molar-refractivity contribution in [2.24, 2.45) is 0 Å². The fourth-order valence-electron chi connectivity index (χ4n) is 2.32. The first-order chi connectivity index (χ1) is 9.39. The second-order valence-electron chi connectivity index (χ2n) is 6.11. The number of ether oxygens (including phenoxy) is 1.